The summed E-state index contributed by atoms with van der Waals surface area (Å²) in [6, 6.07) is 10.7. The van der Waals surface area contributed by atoms with Gasteiger partial charge in [0.25, 0.3) is 0 Å². The summed E-state index contributed by atoms with van der Waals surface area (Å²) in [4.78, 5) is 2.31. The third-order valence-electron chi connectivity index (χ3n) is 3.86. The van der Waals surface area contributed by atoms with E-state index in [1.807, 2.05) is 0 Å². The fraction of sp³-hybridized carbons (Fsp3) is 0.600. The zero-order valence-corrected chi connectivity index (χ0v) is 11.4. The van der Waals surface area contributed by atoms with Gasteiger partial charge in [0.15, 0.2) is 0 Å². The molecule has 1 fully saturated rings. The lowest BCUT2D eigenvalue weighted by atomic mass is 9.83. The van der Waals surface area contributed by atoms with Gasteiger partial charge in [-0.25, -0.2) is 0 Å². The lowest BCUT2D eigenvalue weighted by Crippen LogP contribution is -2.43. The van der Waals surface area contributed by atoms with E-state index >= 15 is 0 Å². The molecule has 1 heterocycles. The zero-order chi connectivity index (χ0) is 12.8. The van der Waals surface area contributed by atoms with Gasteiger partial charge in [-0.2, -0.15) is 0 Å². The smallest absolute Gasteiger partial charge is 0.0700 e. The summed E-state index contributed by atoms with van der Waals surface area (Å²) in [5.41, 5.74) is 1.37. The third-order valence-corrected chi connectivity index (χ3v) is 3.86. The highest BCUT2D eigenvalue weighted by atomic mass is 16.5. The molecule has 18 heavy (non-hydrogen) atoms. The fourth-order valence-corrected chi connectivity index (χ4v) is 2.67. The molecule has 1 saturated heterocycles. The molecule has 0 unspecified atom stereocenters. The molecular weight excluding hydrogens is 226 g/mol. The van der Waals surface area contributed by atoms with E-state index in [1.54, 1.807) is 0 Å². The van der Waals surface area contributed by atoms with Crippen LogP contribution in [0.25, 0.3) is 0 Å². The van der Waals surface area contributed by atoms with Crippen LogP contribution in [0.5, 0.6) is 0 Å². The summed E-state index contributed by atoms with van der Waals surface area (Å²) in [5, 5.41) is 0. The van der Waals surface area contributed by atoms with Crippen LogP contribution in [0, 0.1) is 0 Å². The highest BCUT2D eigenvalue weighted by Gasteiger charge is 2.34. The van der Waals surface area contributed by atoms with E-state index in [9.17, 15) is 0 Å². The molecule has 0 atom stereocenters. The lowest BCUT2D eigenvalue weighted by molar-refractivity contribution is 0.0584. The van der Waals surface area contributed by atoms with Crippen LogP contribution in [-0.4, -0.2) is 45.4 Å². The number of benzene rings is 1. The topological polar surface area (TPSA) is 21.7 Å². The standard InChI is InChI=1S/C15H23NO2/c1-16(2)15(14-6-4-3-5-7-14)8-10-17-12-13-18-11-9-15/h3-7H,8-13H2,1-2H3. The zero-order valence-electron chi connectivity index (χ0n) is 11.4. The number of hydrogen-bond donors (Lipinski definition) is 0. The van der Waals surface area contributed by atoms with Crippen LogP contribution < -0.4 is 0 Å². The molecule has 0 saturated carbocycles. The number of hydrogen-bond acceptors (Lipinski definition) is 3. The average molecular weight is 249 g/mol. The monoisotopic (exact) mass is 249 g/mol. The molecule has 0 radical (unpaired) electrons. The van der Waals surface area contributed by atoms with Crippen molar-refractivity contribution in [2.75, 3.05) is 40.5 Å². The Bertz CT molecular complexity index is 341. The molecule has 100 valence electrons. The second kappa shape index (κ2) is 6.32. The van der Waals surface area contributed by atoms with E-state index in [4.69, 9.17) is 9.47 Å². The van der Waals surface area contributed by atoms with Crippen LogP contribution in [-0.2, 0) is 15.0 Å². The number of rotatable bonds is 2. The van der Waals surface area contributed by atoms with Crippen LogP contribution in [0.3, 0.4) is 0 Å². The van der Waals surface area contributed by atoms with Crippen LogP contribution in [0.4, 0.5) is 0 Å². The van der Waals surface area contributed by atoms with Crippen molar-refractivity contribution in [1.82, 2.24) is 4.90 Å². The fourth-order valence-electron chi connectivity index (χ4n) is 2.67. The third kappa shape index (κ3) is 2.91. The van der Waals surface area contributed by atoms with Crippen LogP contribution in [0.1, 0.15) is 18.4 Å². The first kappa shape index (κ1) is 13.5. The van der Waals surface area contributed by atoms with Crippen molar-refractivity contribution >= 4 is 0 Å². The van der Waals surface area contributed by atoms with E-state index in [1.165, 1.54) is 5.56 Å². The summed E-state index contributed by atoms with van der Waals surface area (Å²) in [7, 11) is 4.29. The highest BCUT2D eigenvalue weighted by molar-refractivity contribution is 5.24. The molecule has 1 aromatic carbocycles. The molecule has 0 aromatic heterocycles. The average Bonchev–Trinajstić information content (AvgIpc) is 2.52. The second-order valence-electron chi connectivity index (χ2n) is 5.02. The van der Waals surface area contributed by atoms with E-state index in [0.717, 1.165) is 26.1 Å². The molecule has 0 N–H and O–H groups in total. The van der Waals surface area contributed by atoms with Gasteiger partial charge in [0.2, 0.25) is 0 Å². The quantitative estimate of drug-likeness (QED) is 0.802. The SMILES string of the molecule is CN(C)C1(c2ccccc2)CCOCCOCC1. The van der Waals surface area contributed by atoms with Crippen molar-refractivity contribution in [2.45, 2.75) is 18.4 Å². The van der Waals surface area contributed by atoms with Gasteiger partial charge in [-0.1, -0.05) is 30.3 Å². The van der Waals surface area contributed by atoms with Gasteiger partial charge in [0, 0.05) is 18.8 Å². The molecule has 0 amide bonds. The Morgan fingerprint density at radius 1 is 0.889 bits per heavy atom. The maximum atomic E-state index is 5.63. The largest absolute Gasteiger partial charge is 0.379 e. The van der Waals surface area contributed by atoms with Gasteiger partial charge in [-0.15, -0.1) is 0 Å². The Labute approximate surface area is 110 Å². The van der Waals surface area contributed by atoms with Gasteiger partial charge in [0.05, 0.1) is 13.2 Å². The Morgan fingerprint density at radius 2 is 1.44 bits per heavy atom. The van der Waals surface area contributed by atoms with E-state index < -0.39 is 0 Å². The summed E-state index contributed by atoms with van der Waals surface area (Å²) in [6.45, 7) is 2.99. The van der Waals surface area contributed by atoms with E-state index in [-0.39, 0.29) is 5.54 Å². The first-order valence-corrected chi connectivity index (χ1v) is 6.64. The predicted octanol–water partition coefficient (Wildman–Crippen LogP) is 2.27. The molecule has 1 aromatic rings. The summed E-state index contributed by atoms with van der Waals surface area (Å²) in [6.07, 6.45) is 2.01. The first-order chi connectivity index (χ1) is 8.76. The minimum absolute atomic E-state index is 0.0194. The summed E-state index contributed by atoms with van der Waals surface area (Å²) >= 11 is 0. The molecule has 3 nitrogen and oxygen atoms in total. The maximum absolute atomic E-state index is 5.63. The molecule has 1 aliphatic heterocycles. The second-order valence-corrected chi connectivity index (χ2v) is 5.02. The van der Waals surface area contributed by atoms with Crippen molar-refractivity contribution in [3.05, 3.63) is 35.9 Å². The van der Waals surface area contributed by atoms with Crippen molar-refractivity contribution in [3.63, 3.8) is 0 Å². The number of nitrogens with zero attached hydrogens (tertiary/aromatic N) is 1. The van der Waals surface area contributed by atoms with Gasteiger partial charge in [-0.3, -0.25) is 4.90 Å². The van der Waals surface area contributed by atoms with Crippen LogP contribution in [0.15, 0.2) is 30.3 Å². The van der Waals surface area contributed by atoms with Gasteiger partial charge in [-0.05, 0) is 32.5 Å². The Hall–Kier alpha value is -0.900. The minimum atomic E-state index is 0.0194. The van der Waals surface area contributed by atoms with Crippen molar-refractivity contribution in [2.24, 2.45) is 0 Å². The van der Waals surface area contributed by atoms with E-state index in [2.05, 4.69) is 49.3 Å². The normalized spacial score (nSPS) is 21.1. The highest BCUT2D eigenvalue weighted by Crippen LogP contribution is 2.34. The van der Waals surface area contributed by atoms with Gasteiger partial charge < -0.3 is 9.47 Å². The Kier molecular flexibility index (Phi) is 4.75. The molecular formula is C15H23NO2. The lowest BCUT2D eigenvalue weighted by Gasteiger charge is -2.40. The molecule has 1 aliphatic rings. The Morgan fingerprint density at radius 3 is 1.94 bits per heavy atom. The summed E-state index contributed by atoms with van der Waals surface area (Å²) < 4.78 is 11.3. The molecule has 0 aliphatic carbocycles. The maximum Gasteiger partial charge on any atom is 0.0700 e. The van der Waals surface area contributed by atoms with Gasteiger partial charge in [0.1, 0.15) is 0 Å². The van der Waals surface area contributed by atoms with Gasteiger partial charge >= 0.3 is 0 Å². The van der Waals surface area contributed by atoms with Crippen molar-refractivity contribution in [1.29, 1.82) is 0 Å². The first-order valence-electron chi connectivity index (χ1n) is 6.64. The van der Waals surface area contributed by atoms with Crippen molar-refractivity contribution < 1.29 is 9.47 Å². The molecule has 0 bridgehead atoms. The predicted molar refractivity (Wildman–Crippen MR) is 72.7 cm³/mol. The number of ether oxygens (including phenoxy) is 2. The van der Waals surface area contributed by atoms with E-state index in [0.29, 0.717) is 13.2 Å². The summed E-state index contributed by atoms with van der Waals surface area (Å²) in [5.74, 6) is 0. The van der Waals surface area contributed by atoms with Crippen LogP contribution >= 0.6 is 0 Å². The van der Waals surface area contributed by atoms with Crippen LogP contribution in [0.2, 0.25) is 0 Å². The minimum Gasteiger partial charge on any atom is -0.379 e. The molecule has 2 rings (SSSR count). The Balaban J connectivity index is 2.28. The molecule has 3 heteroatoms. The molecule has 0 spiro atoms. The van der Waals surface area contributed by atoms with Crippen molar-refractivity contribution in [3.8, 4) is 0 Å².